The second kappa shape index (κ2) is 7.35. The van der Waals surface area contributed by atoms with Crippen LogP contribution in [-0.4, -0.2) is 36.0 Å². The first-order valence-electron chi connectivity index (χ1n) is 10.3. The van der Waals surface area contributed by atoms with E-state index in [2.05, 4.69) is 10.6 Å². The summed E-state index contributed by atoms with van der Waals surface area (Å²) in [6, 6.07) is 16.8. The van der Waals surface area contributed by atoms with Crippen molar-refractivity contribution in [3.63, 3.8) is 0 Å². The van der Waals surface area contributed by atoms with Crippen LogP contribution in [0.4, 0.5) is 11.4 Å². The van der Waals surface area contributed by atoms with Gasteiger partial charge in [0, 0.05) is 24.8 Å². The van der Waals surface area contributed by atoms with E-state index >= 15 is 0 Å². The van der Waals surface area contributed by atoms with Gasteiger partial charge < -0.3 is 20.3 Å². The van der Waals surface area contributed by atoms with Gasteiger partial charge >= 0.3 is 0 Å². The summed E-state index contributed by atoms with van der Waals surface area (Å²) in [7, 11) is 0. The highest BCUT2D eigenvalue weighted by Gasteiger charge is 2.67. The molecule has 4 atom stereocenters. The summed E-state index contributed by atoms with van der Waals surface area (Å²) in [6.45, 7) is 2.22. The van der Waals surface area contributed by atoms with E-state index in [-0.39, 0.29) is 23.8 Å². The molecule has 3 aliphatic heterocycles. The Morgan fingerprint density at radius 2 is 1.87 bits per heavy atom. The Morgan fingerprint density at radius 1 is 1.13 bits per heavy atom. The molecule has 2 saturated heterocycles. The molecule has 2 aromatic carbocycles. The Morgan fingerprint density at radius 3 is 2.58 bits per heavy atom. The maximum atomic E-state index is 13.4. The first-order valence-corrected chi connectivity index (χ1v) is 10.3. The molecule has 2 N–H and O–H groups in total. The van der Waals surface area contributed by atoms with Crippen LogP contribution in [-0.2, 0) is 25.7 Å². The molecule has 0 radical (unpaired) electrons. The van der Waals surface area contributed by atoms with Gasteiger partial charge in [-0.15, -0.1) is 0 Å². The van der Waals surface area contributed by atoms with Crippen molar-refractivity contribution in [1.29, 1.82) is 0 Å². The quantitative estimate of drug-likeness (QED) is 0.731. The number of anilines is 2. The van der Waals surface area contributed by atoms with Gasteiger partial charge in [0.05, 0.1) is 24.5 Å². The summed E-state index contributed by atoms with van der Waals surface area (Å²) in [4.78, 5) is 39.3. The summed E-state index contributed by atoms with van der Waals surface area (Å²) in [5.74, 6) is -1.53. The fraction of sp³-hybridized carbons (Fsp3) is 0.292. The minimum atomic E-state index is -0.771. The van der Waals surface area contributed by atoms with Gasteiger partial charge in [0.15, 0.2) is 0 Å². The monoisotopic (exact) mass is 417 g/mol. The SMILES string of the molecule is CC(=O)Nc1ccc(N2C[C@]34C=C[C@H](O3)[C@@H](C(=O)NCc3ccccc3)[C@@H]4C2=O)cc1. The van der Waals surface area contributed by atoms with E-state index in [1.165, 1.54) is 6.92 Å². The largest absolute Gasteiger partial charge is 0.360 e. The summed E-state index contributed by atoms with van der Waals surface area (Å²) in [6.07, 6.45) is 3.46. The molecule has 31 heavy (non-hydrogen) atoms. The minimum absolute atomic E-state index is 0.112. The van der Waals surface area contributed by atoms with Gasteiger partial charge in [0.1, 0.15) is 5.60 Å². The van der Waals surface area contributed by atoms with Crippen LogP contribution in [0.1, 0.15) is 12.5 Å². The topological polar surface area (TPSA) is 87.7 Å². The second-order valence-corrected chi connectivity index (χ2v) is 8.26. The molecule has 0 unspecified atom stereocenters. The first-order chi connectivity index (χ1) is 15.0. The van der Waals surface area contributed by atoms with Gasteiger partial charge in [0.25, 0.3) is 0 Å². The number of carbonyl (C=O) groups excluding carboxylic acids is 3. The fourth-order valence-electron chi connectivity index (χ4n) is 4.85. The smallest absolute Gasteiger partial charge is 0.234 e. The van der Waals surface area contributed by atoms with E-state index in [9.17, 15) is 14.4 Å². The van der Waals surface area contributed by atoms with Crippen molar-refractivity contribution in [2.75, 3.05) is 16.8 Å². The molecule has 3 aliphatic rings. The molecule has 2 bridgehead atoms. The van der Waals surface area contributed by atoms with Crippen LogP contribution in [0.5, 0.6) is 0 Å². The van der Waals surface area contributed by atoms with Crippen molar-refractivity contribution >= 4 is 29.1 Å². The Balaban J connectivity index is 1.34. The maximum Gasteiger partial charge on any atom is 0.234 e. The number of carbonyl (C=O) groups is 3. The van der Waals surface area contributed by atoms with Gasteiger partial charge in [0.2, 0.25) is 17.7 Å². The number of nitrogens with zero attached hydrogens (tertiary/aromatic N) is 1. The number of rotatable bonds is 5. The molecule has 2 fully saturated rings. The number of nitrogens with one attached hydrogen (secondary N) is 2. The maximum absolute atomic E-state index is 13.4. The number of hydrogen-bond acceptors (Lipinski definition) is 4. The molecule has 3 amide bonds. The van der Waals surface area contributed by atoms with E-state index < -0.39 is 17.4 Å². The molecular formula is C24H23N3O4. The van der Waals surface area contributed by atoms with E-state index in [1.807, 2.05) is 42.5 Å². The molecule has 7 nitrogen and oxygen atoms in total. The van der Waals surface area contributed by atoms with E-state index in [0.717, 1.165) is 5.56 Å². The van der Waals surface area contributed by atoms with Crippen molar-refractivity contribution in [2.24, 2.45) is 11.8 Å². The van der Waals surface area contributed by atoms with Gasteiger partial charge in [-0.3, -0.25) is 14.4 Å². The summed E-state index contributed by atoms with van der Waals surface area (Å²) < 4.78 is 6.18. The lowest BCUT2D eigenvalue weighted by Crippen LogP contribution is -2.43. The molecule has 0 aromatic heterocycles. The van der Waals surface area contributed by atoms with Crippen molar-refractivity contribution in [1.82, 2.24) is 5.32 Å². The van der Waals surface area contributed by atoms with Crippen LogP contribution >= 0.6 is 0 Å². The Bertz CT molecular complexity index is 1070. The predicted molar refractivity (Wildman–Crippen MR) is 115 cm³/mol. The lowest BCUT2D eigenvalue weighted by Gasteiger charge is -2.23. The predicted octanol–water partition coefficient (Wildman–Crippen LogP) is 2.25. The molecule has 0 saturated carbocycles. The van der Waals surface area contributed by atoms with Crippen LogP contribution < -0.4 is 15.5 Å². The minimum Gasteiger partial charge on any atom is -0.360 e. The van der Waals surface area contributed by atoms with E-state index in [1.54, 1.807) is 29.2 Å². The first kappa shape index (κ1) is 19.5. The zero-order chi connectivity index (χ0) is 21.6. The van der Waals surface area contributed by atoms with E-state index in [4.69, 9.17) is 4.74 Å². The average molecular weight is 417 g/mol. The number of ether oxygens (including phenoxy) is 1. The van der Waals surface area contributed by atoms with Crippen LogP contribution in [0.3, 0.4) is 0 Å². The molecular weight excluding hydrogens is 394 g/mol. The average Bonchev–Trinajstić information content (AvgIpc) is 3.41. The highest BCUT2D eigenvalue weighted by Crippen LogP contribution is 2.52. The number of hydrogen-bond donors (Lipinski definition) is 2. The van der Waals surface area contributed by atoms with Crippen LogP contribution in [0, 0.1) is 11.8 Å². The lowest BCUT2D eigenvalue weighted by molar-refractivity contribution is -0.132. The molecule has 158 valence electrons. The van der Waals surface area contributed by atoms with Gasteiger partial charge in [-0.05, 0) is 29.8 Å². The van der Waals surface area contributed by atoms with Crippen molar-refractivity contribution in [3.8, 4) is 0 Å². The van der Waals surface area contributed by atoms with Gasteiger partial charge in [-0.25, -0.2) is 0 Å². The number of benzene rings is 2. The van der Waals surface area contributed by atoms with Crippen molar-refractivity contribution in [2.45, 2.75) is 25.2 Å². The summed E-state index contributed by atoms with van der Waals surface area (Å²) >= 11 is 0. The highest BCUT2D eigenvalue weighted by atomic mass is 16.5. The Hall–Kier alpha value is -3.45. The molecule has 7 heteroatoms. The zero-order valence-corrected chi connectivity index (χ0v) is 17.1. The number of fused-ring (bicyclic) bond motifs is 1. The lowest BCUT2D eigenvalue weighted by atomic mass is 9.77. The standard InChI is InChI=1S/C24H23N3O4/c1-15(28)26-17-7-9-18(10-8-17)27-14-24-12-11-19(31-24)20(21(24)23(27)30)22(29)25-13-16-5-3-2-4-6-16/h2-12,19-21H,13-14H2,1H3,(H,25,29)(H,26,28)/t19-,20+,21+,24-/m0/s1. The third kappa shape index (κ3) is 3.31. The summed E-state index contributed by atoms with van der Waals surface area (Å²) in [5.41, 5.74) is 1.61. The van der Waals surface area contributed by atoms with Gasteiger partial charge in [-0.2, -0.15) is 0 Å². The van der Waals surface area contributed by atoms with Crippen LogP contribution in [0.15, 0.2) is 66.7 Å². The second-order valence-electron chi connectivity index (χ2n) is 8.26. The number of amides is 3. The molecule has 3 heterocycles. The molecule has 0 aliphatic carbocycles. The zero-order valence-electron chi connectivity index (χ0n) is 17.1. The third-order valence-electron chi connectivity index (χ3n) is 6.21. The van der Waals surface area contributed by atoms with Crippen molar-refractivity contribution in [3.05, 3.63) is 72.3 Å². The fourth-order valence-corrected chi connectivity index (χ4v) is 4.85. The van der Waals surface area contributed by atoms with Crippen molar-refractivity contribution < 1.29 is 19.1 Å². The molecule has 1 spiro atoms. The molecule has 2 aromatic rings. The third-order valence-corrected chi connectivity index (χ3v) is 6.21. The normalized spacial score (nSPS) is 28.0. The van der Waals surface area contributed by atoms with Crippen LogP contribution in [0.2, 0.25) is 0 Å². The Kier molecular flexibility index (Phi) is 4.63. The highest BCUT2D eigenvalue weighted by molar-refractivity contribution is 6.03. The summed E-state index contributed by atoms with van der Waals surface area (Å²) in [5, 5.41) is 5.69. The van der Waals surface area contributed by atoms with E-state index in [0.29, 0.717) is 24.5 Å². The van der Waals surface area contributed by atoms with Crippen LogP contribution in [0.25, 0.3) is 0 Å². The van der Waals surface area contributed by atoms with Gasteiger partial charge in [-0.1, -0.05) is 42.5 Å². The molecule has 5 rings (SSSR count). The Labute approximate surface area is 180 Å².